The highest BCUT2D eigenvalue weighted by molar-refractivity contribution is 5.79. The third kappa shape index (κ3) is 8.40. The summed E-state index contributed by atoms with van der Waals surface area (Å²) in [5, 5.41) is 3.49. The van der Waals surface area contributed by atoms with Gasteiger partial charge in [0.2, 0.25) is 0 Å². The molecule has 0 aliphatic carbocycles. The fraction of sp³-hybridized carbons (Fsp3) is 0.955. The zero-order chi connectivity index (χ0) is 20.2. The Labute approximate surface area is 176 Å². The quantitative estimate of drug-likeness (QED) is 0.357. The lowest BCUT2D eigenvalue weighted by atomic mass is 10.0. The number of nitrogens with zero attached hydrogens (tertiary/aromatic N) is 2. The van der Waals surface area contributed by atoms with Gasteiger partial charge in [0.05, 0.1) is 18.8 Å². The molecule has 7 heteroatoms. The minimum atomic E-state index is 0.310. The molecule has 0 aromatic carbocycles. The first kappa shape index (κ1) is 22.8. The van der Waals surface area contributed by atoms with Crippen molar-refractivity contribution in [3.05, 3.63) is 0 Å². The fourth-order valence-corrected chi connectivity index (χ4v) is 4.29. The van der Waals surface area contributed by atoms with Crippen LogP contribution in [0.5, 0.6) is 0 Å². The summed E-state index contributed by atoms with van der Waals surface area (Å²) in [7, 11) is 1.87. The Morgan fingerprint density at radius 1 is 1.03 bits per heavy atom. The number of guanidine groups is 1. The van der Waals surface area contributed by atoms with Crippen LogP contribution in [-0.2, 0) is 18.9 Å². The van der Waals surface area contributed by atoms with Crippen molar-refractivity contribution in [3.8, 4) is 0 Å². The Morgan fingerprint density at radius 2 is 1.86 bits per heavy atom. The number of hydrogen-bond acceptors (Lipinski definition) is 5. The maximum absolute atomic E-state index is 6.12. The first-order valence-corrected chi connectivity index (χ1v) is 11.7. The molecule has 29 heavy (non-hydrogen) atoms. The smallest absolute Gasteiger partial charge is 0.193 e. The maximum atomic E-state index is 6.12. The number of rotatable bonds is 9. The van der Waals surface area contributed by atoms with Crippen molar-refractivity contribution in [2.24, 2.45) is 10.9 Å². The molecule has 7 nitrogen and oxygen atoms in total. The van der Waals surface area contributed by atoms with Gasteiger partial charge in [0.15, 0.2) is 5.96 Å². The Morgan fingerprint density at radius 3 is 2.59 bits per heavy atom. The second-order valence-corrected chi connectivity index (χ2v) is 8.47. The maximum Gasteiger partial charge on any atom is 0.193 e. The third-order valence-electron chi connectivity index (χ3n) is 6.19. The molecule has 0 aromatic rings. The van der Waals surface area contributed by atoms with Crippen LogP contribution in [0.25, 0.3) is 0 Å². The number of ether oxygens (including phenoxy) is 4. The van der Waals surface area contributed by atoms with Crippen LogP contribution in [0.2, 0.25) is 0 Å². The second kappa shape index (κ2) is 13.4. The molecular formula is C22H41N3O4. The van der Waals surface area contributed by atoms with Crippen LogP contribution in [0.15, 0.2) is 4.99 Å². The van der Waals surface area contributed by atoms with Crippen molar-refractivity contribution in [3.63, 3.8) is 0 Å². The number of aliphatic imine (C=N–C) groups is 1. The topological polar surface area (TPSA) is 64.6 Å². The molecule has 3 heterocycles. The lowest BCUT2D eigenvalue weighted by Crippen LogP contribution is -2.47. The molecule has 0 aromatic heterocycles. The van der Waals surface area contributed by atoms with Gasteiger partial charge in [-0.1, -0.05) is 0 Å². The van der Waals surface area contributed by atoms with Crippen molar-refractivity contribution in [1.82, 2.24) is 10.2 Å². The van der Waals surface area contributed by atoms with Gasteiger partial charge in [0.1, 0.15) is 0 Å². The number of piperidine rings is 1. The second-order valence-electron chi connectivity index (χ2n) is 8.47. The molecule has 1 N–H and O–H groups in total. The summed E-state index contributed by atoms with van der Waals surface area (Å²) in [6.07, 6.45) is 9.67. The number of nitrogens with one attached hydrogen (secondary N) is 1. The summed E-state index contributed by atoms with van der Waals surface area (Å²) in [4.78, 5) is 6.81. The van der Waals surface area contributed by atoms with Gasteiger partial charge in [0.25, 0.3) is 0 Å². The predicted molar refractivity (Wildman–Crippen MR) is 114 cm³/mol. The Balaban J connectivity index is 1.22. The molecule has 1 unspecified atom stereocenters. The first-order valence-electron chi connectivity index (χ1n) is 11.7. The first-order chi connectivity index (χ1) is 14.3. The lowest BCUT2D eigenvalue weighted by Gasteiger charge is -2.35. The molecular weight excluding hydrogens is 370 g/mol. The van der Waals surface area contributed by atoms with Crippen molar-refractivity contribution in [2.75, 3.05) is 66.3 Å². The van der Waals surface area contributed by atoms with E-state index >= 15 is 0 Å². The minimum Gasteiger partial charge on any atom is -0.381 e. The van der Waals surface area contributed by atoms with Crippen LogP contribution >= 0.6 is 0 Å². The summed E-state index contributed by atoms with van der Waals surface area (Å²) in [5.74, 6) is 1.68. The average Bonchev–Trinajstić information content (AvgIpc) is 2.79. The molecule has 3 fully saturated rings. The van der Waals surface area contributed by atoms with Gasteiger partial charge >= 0.3 is 0 Å². The third-order valence-corrected chi connectivity index (χ3v) is 6.19. The molecule has 3 saturated heterocycles. The summed E-state index contributed by atoms with van der Waals surface area (Å²) in [6, 6.07) is 0. The Bertz CT molecular complexity index is 457. The van der Waals surface area contributed by atoms with Gasteiger partial charge in [-0.2, -0.15) is 0 Å². The van der Waals surface area contributed by atoms with E-state index in [1.807, 2.05) is 7.05 Å². The predicted octanol–water partition coefficient (Wildman–Crippen LogP) is 2.45. The van der Waals surface area contributed by atoms with Gasteiger partial charge in [-0.3, -0.25) is 4.99 Å². The highest BCUT2D eigenvalue weighted by Crippen LogP contribution is 2.18. The van der Waals surface area contributed by atoms with E-state index in [-0.39, 0.29) is 0 Å². The SMILES string of the molecule is CN=C(NCCCOCC1CCOCC1)N1CCC(OCC2CCCCO2)CC1. The fourth-order valence-electron chi connectivity index (χ4n) is 4.29. The van der Waals surface area contributed by atoms with Crippen LogP contribution in [0, 0.1) is 5.92 Å². The van der Waals surface area contributed by atoms with E-state index in [2.05, 4.69) is 15.2 Å². The summed E-state index contributed by atoms with van der Waals surface area (Å²) < 4.78 is 23.1. The molecule has 0 saturated carbocycles. The van der Waals surface area contributed by atoms with E-state index < -0.39 is 0 Å². The van der Waals surface area contributed by atoms with E-state index in [0.717, 1.165) is 104 Å². The van der Waals surface area contributed by atoms with E-state index in [1.165, 1.54) is 12.8 Å². The van der Waals surface area contributed by atoms with E-state index in [1.54, 1.807) is 0 Å². The van der Waals surface area contributed by atoms with E-state index in [0.29, 0.717) is 18.1 Å². The minimum absolute atomic E-state index is 0.310. The molecule has 1 atom stereocenters. The summed E-state index contributed by atoms with van der Waals surface area (Å²) >= 11 is 0. The zero-order valence-corrected chi connectivity index (χ0v) is 18.3. The molecule has 0 spiro atoms. The highest BCUT2D eigenvalue weighted by atomic mass is 16.5. The van der Waals surface area contributed by atoms with Crippen molar-refractivity contribution in [2.45, 2.75) is 63.6 Å². The molecule has 168 valence electrons. The largest absolute Gasteiger partial charge is 0.381 e. The molecule has 0 amide bonds. The van der Waals surface area contributed by atoms with Crippen molar-refractivity contribution >= 4 is 5.96 Å². The zero-order valence-electron chi connectivity index (χ0n) is 18.3. The van der Waals surface area contributed by atoms with Crippen LogP contribution in [0.3, 0.4) is 0 Å². The van der Waals surface area contributed by atoms with Crippen LogP contribution in [-0.4, -0.2) is 89.4 Å². The van der Waals surface area contributed by atoms with E-state index in [4.69, 9.17) is 18.9 Å². The van der Waals surface area contributed by atoms with Gasteiger partial charge in [-0.25, -0.2) is 0 Å². The van der Waals surface area contributed by atoms with Gasteiger partial charge in [-0.15, -0.1) is 0 Å². The molecule has 3 rings (SSSR count). The number of likely N-dealkylation sites (tertiary alicyclic amines) is 1. The van der Waals surface area contributed by atoms with E-state index in [9.17, 15) is 0 Å². The summed E-state index contributed by atoms with van der Waals surface area (Å²) in [6.45, 7) is 8.00. The van der Waals surface area contributed by atoms with Crippen LogP contribution < -0.4 is 5.32 Å². The Kier molecular flexibility index (Phi) is 10.5. The lowest BCUT2D eigenvalue weighted by molar-refractivity contribution is -0.0721. The molecule has 3 aliphatic heterocycles. The average molecular weight is 412 g/mol. The van der Waals surface area contributed by atoms with Crippen molar-refractivity contribution < 1.29 is 18.9 Å². The molecule has 3 aliphatic rings. The standard InChI is InChI=1S/C22H41N3O4/c1-23-22(24-10-4-13-27-17-19-8-15-26-16-9-19)25-11-6-20(7-12-25)29-18-21-5-2-3-14-28-21/h19-21H,2-18H2,1H3,(H,23,24). The van der Waals surface area contributed by atoms with Crippen LogP contribution in [0.1, 0.15) is 51.4 Å². The van der Waals surface area contributed by atoms with Gasteiger partial charge in [0, 0.05) is 59.7 Å². The van der Waals surface area contributed by atoms with Gasteiger partial charge in [-0.05, 0) is 57.3 Å². The number of hydrogen-bond donors (Lipinski definition) is 1. The highest BCUT2D eigenvalue weighted by Gasteiger charge is 2.23. The molecule has 0 radical (unpaired) electrons. The van der Waals surface area contributed by atoms with Crippen LogP contribution in [0.4, 0.5) is 0 Å². The van der Waals surface area contributed by atoms with Gasteiger partial charge < -0.3 is 29.2 Å². The Hall–Kier alpha value is -0.890. The monoisotopic (exact) mass is 411 g/mol. The normalized spacial score (nSPS) is 25.3. The molecule has 0 bridgehead atoms. The summed E-state index contributed by atoms with van der Waals surface area (Å²) in [5.41, 5.74) is 0. The van der Waals surface area contributed by atoms with Crippen molar-refractivity contribution in [1.29, 1.82) is 0 Å².